The van der Waals surface area contributed by atoms with Crippen molar-refractivity contribution in [3.8, 4) is 0 Å². The number of rotatable bonds is 4. The lowest BCUT2D eigenvalue weighted by Gasteiger charge is -2.21. The maximum absolute atomic E-state index is 12.8. The van der Waals surface area contributed by atoms with Crippen LogP contribution in [-0.2, 0) is 29.0 Å². The third kappa shape index (κ3) is 3.92. The van der Waals surface area contributed by atoms with Crippen molar-refractivity contribution in [1.82, 2.24) is 0 Å². The average molecular weight is 399 g/mol. The molecule has 0 atom stereocenters. The first kappa shape index (κ1) is 19.2. The van der Waals surface area contributed by atoms with Gasteiger partial charge in [0.2, 0.25) is 0 Å². The molecule has 0 radical (unpaired) electrons. The van der Waals surface area contributed by atoms with Crippen LogP contribution in [-0.4, -0.2) is 19.5 Å². The Hall–Kier alpha value is -2.55. The quantitative estimate of drug-likeness (QED) is 0.811. The van der Waals surface area contributed by atoms with E-state index in [-0.39, 0.29) is 11.3 Å². The van der Waals surface area contributed by atoms with Gasteiger partial charge in [-0.3, -0.25) is 4.72 Å². The summed E-state index contributed by atoms with van der Waals surface area (Å²) in [5, 5.41) is 9.56. The van der Waals surface area contributed by atoms with Crippen LogP contribution in [0.3, 0.4) is 0 Å². The van der Waals surface area contributed by atoms with Crippen molar-refractivity contribution in [2.45, 2.75) is 36.8 Å². The zero-order valence-electron chi connectivity index (χ0n) is 14.0. The number of aromatic carboxylic acids is 1. The Bertz CT molecular complexity index is 1000. The number of nitrogens with one attached hydrogen (secondary N) is 1. The van der Waals surface area contributed by atoms with Crippen molar-refractivity contribution < 1.29 is 31.5 Å². The summed E-state index contributed by atoms with van der Waals surface area (Å²) in [6, 6.07) is 6.30. The van der Waals surface area contributed by atoms with Gasteiger partial charge in [-0.25, -0.2) is 13.2 Å². The highest BCUT2D eigenvalue weighted by Gasteiger charge is 2.32. The van der Waals surface area contributed by atoms with E-state index >= 15 is 0 Å². The number of carboxylic acids is 1. The van der Waals surface area contributed by atoms with E-state index in [0.29, 0.717) is 24.5 Å². The van der Waals surface area contributed by atoms with Crippen molar-refractivity contribution in [1.29, 1.82) is 0 Å². The molecule has 0 saturated carbocycles. The zero-order valence-corrected chi connectivity index (χ0v) is 14.8. The highest BCUT2D eigenvalue weighted by Crippen LogP contribution is 2.33. The molecule has 0 aromatic heterocycles. The Labute approximate surface area is 153 Å². The topological polar surface area (TPSA) is 83.5 Å². The second kappa shape index (κ2) is 6.88. The van der Waals surface area contributed by atoms with Gasteiger partial charge in [0, 0.05) is 0 Å². The lowest BCUT2D eigenvalue weighted by Crippen LogP contribution is -2.19. The number of carbonyl (C=O) groups is 1. The number of halogens is 3. The molecular weight excluding hydrogens is 383 g/mol. The van der Waals surface area contributed by atoms with Gasteiger partial charge in [0.25, 0.3) is 10.0 Å². The van der Waals surface area contributed by atoms with Gasteiger partial charge in [-0.1, -0.05) is 12.1 Å². The fraction of sp³-hybridized carbons (Fsp3) is 0.278. The van der Waals surface area contributed by atoms with Crippen LogP contribution < -0.4 is 4.72 Å². The number of aryl methyl sites for hydroxylation is 1. The fourth-order valence-corrected chi connectivity index (χ4v) is 4.32. The van der Waals surface area contributed by atoms with Crippen LogP contribution in [0.1, 0.15) is 39.9 Å². The molecule has 0 bridgehead atoms. The molecular formula is C18H16F3NO4S. The highest BCUT2D eigenvalue weighted by molar-refractivity contribution is 7.92. The Morgan fingerprint density at radius 1 is 1.07 bits per heavy atom. The van der Waals surface area contributed by atoms with Gasteiger partial charge >= 0.3 is 12.1 Å². The SMILES string of the molecule is O=C(O)c1c(NS(=O)(=O)c2cccc(C(F)(F)F)c2)ccc2c1CCCC2. The van der Waals surface area contributed by atoms with Crippen molar-refractivity contribution in [2.75, 3.05) is 4.72 Å². The molecule has 2 aromatic carbocycles. The van der Waals surface area contributed by atoms with Crippen molar-refractivity contribution in [3.63, 3.8) is 0 Å². The minimum Gasteiger partial charge on any atom is -0.478 e. The van der Waals surface area contributed by atoms with Crippen molar-refractivity contribution in [3.05, 3.63) is 58.7 Å². The van der Waals surface area contributed by atoms with Crippen LogP contribution in [0, 0.1) is 0 Å². The van der Waals surface area contributed by atoms with Crippen molar-refractivity contribution in [2.24, 2.45) is 0 Å². The molecule has 0 amide bonds. The predicted molar refractivity (Wildman–Crippen MR) is 92.3 cm³/mol. The van der Waals surface area contributed by atoms with Gasteiger partial charge in [0.15, 0.2) is 0 Å². The number of hydrogen-bond acceptors (Lipinski definition) is 3. The van der Waals surface area contributed by atoms with Crippen LogP contribution in [0.2, 0.25) is 0 Å². The van der Waals surface area contributed by atoms with E-state index in [2.05, 4.69) is 4.72 Å². The number of alkyl halides is 3. The molecule has 9 heteroatoms. The number of anilines is 1. The molecule has 27 heavy (non-hydrogen) atoms. The first-order valence-electron chi connectivity index (χ1n) is 8.18. The third-order valence-corrected chi connectivity index (χ3v) is 5.83. The standard InChI is InChI=1S/C18H16F3NO4S/c19-18(20,21)12-5-3-6-13(10-12)27(25,26)22-15-9-8-11-4-1-2-7-14(11)16(15)17(23)24/h3,5-6,8-10,22H,1-2,4,7H2,(H,23,24). The second-order valence-corrected chi connectivity index (χ2v) is 7.95. The van der Waals surface area contributed by atoms with Gasteiger partial charge in [-0.2, -0.15) is 13.2 Å². The van der Waals surface area contributed by atoms with E-state index in [1.165, 1.54) is 6.07 Å². The third-order valence-electron chi connectivity index (χ3n) is 4.46. The van der Waals surface area contributed by atoms with Gasteiger partial charge in [-0.15, -0.1) is 0 Å². The molecule has 3 rings (SSSR count). The molecule has 1 aliphatic rings. The van der Waals surface area contributed by atoms with E-state index < -0.39 is 32.6 Å². The van der Waals surface area contributed by atoms with E-state index in [9.17, 15) is 31.5 Å². The summed E-state index contributed by atoms with van der Waals surface area (Å²) in [5.74, 6) is -1.28. The molecule has 0 unspecified atom stereocenters. The van der Waals surface area contributed by atoms with Gasteiger partial charge < -0.3 is 5.11 Å². The van der Waals surface area contributed by atoms with E-state index in [1.54, 1.807) is 6.07 Å². The van der Waals surface area contributed by atoms with Gasteiger partial charge in [0.1, 0.15) is 0 Å². The Kier molecular flexibility index (Phi) is 4.90. The number of hydrogen-bond donors (Lipinski definition) is 2. The molecule has 0 heterocycles. The summed E-state index contributed by atoms with van der Waals surface area (Å²) < 4.78 is 65.8. The van der Waals surface area contributed by atoms with E-state index in [1.807, 2.05) is 0 Å². The van der Waals surface area contributed by atoms with Crippen LogP contribution in [0.5, 0.6) is 0 Å². The van der Waals surface area contributed by atoms with Crippen LogP contribution in [0.15, 0.2) is 41.3 Å². The minimum atomic E-state index is -4.69. The van der Waals surface area contributed by atoms with Gasteiger partial charge in [0.05, 0.1) is 21.7 Å². The number of sulfonamides is 1. The normalized spacial score (nSPS) is 14.5. The molecule has 0 saturated heterocycles. The monoisotopic (exact) mass is 399 g/mol. The minimum absolute atomic E-state index is 0.150. The maximum atomic E-state index is 12.8. The fourth-order valence-electron chi connectivity index (χ4n) is 3.20. The Balaban J connectivity index is 2.03. The predicted octanol–water partition coefficient (Wildman–Crippen LogP) is 4.08. The lowest BCUT2D eigenvalue weighted by atomic mass is 9.87. The highest BCUT2D eigenvalue weighted by atomic mass is 32.2. The summed E-state index contributed by atoms with van der Waals surface area (Å²) in [6.07, 6.45) is -1.77. The summed E-state index contributed by atoms with van der Waals surface area (Å²) in [7, 11) is -4.39. The van der Waals surface area contributed by atoms with Crippen molar-refractivity contribution >= 4 is 21.7 Å². The first-order chi connectivity index (χ1) is 12.6. The maximum Gasteiger partial charge on any atom is 0.416 e. The van der Waals surface area contributed by atoms with Crippen LogP contribution in [0.25, 0.3) is 0 Å². The smallest absolute Gasteiger partial charge is 0.416 e. The summed E-state index contributed by atoms with van der Waals surface area (Å²) >= 11 is 0. The number of carboxylic acid groups (broad SMARTS) is 1. The first-order valence-corrected chi connectivity index (χ1v) is 9.66. The molecule has 5 nitrogen and oxygen atoms in total. The van der Waals surface area contributed by atoms with Crippen LogP contribution in [0.4, 0.5) is 18.9 Å². The molecule has 0 aliphatic heterocycles. The number of fused-ring (bicyclic) bond motifs is 1. The summed E-state index contributed by atoms with van der Waals surface area (Å²) in [6.45, 7) is 0. The zero-order chi connectivity index (χ0) is 19.8. The largest absolute Gasteiger partial charge is 0.478 e. The molecule has 2 N–H and O–H groups in total. The molecule has 0 fully saturated rings. The molecule has 144 valence electrons. The van der Waals surface area contributed by atoms with Gasteiger partial charge in [-0.05, 0) is 61.1 Å². The summed E-state index contributed by atoms with van der Waals surface area (Å²) in [5.41, 5.74) is 0.0104. The Morgan fingerprint density at radius 3 is 2.44 bits per heavy atom. The Morgan fingerprint density at radius 2 is 1.78 bits per heavy atom. The molecule has 2 aromatic rings. The van der Waals surface area contributed by atoms with E-state index in [0.717, 1.165) is 36.6 Å². The molecule has 1 aliphatic carbocycles. The summed E-state index contributed by atoms with van der Waals surface area (Å²) in [4.78, 5) is 11.1. The lowest BCUT2D eigenvalue weighted by molar-refractivity contribution is -0.137. The number of benzene rings is 2. The second-order valence-electron chi connectivity index (χ2n) is 6.27. The van der Waals surface area contributed by atoms with E-state index in [4.69, 9.17) is 0 Å². The molecule has 0 spiro atoms. The van der Waals surface area contributed by atoms with Crippen LogP contribution >= 0.6 is 0 Å². The average Bonchev–Trinajstić information content (AvgIpc) is 2.60.